The third kappa shape index (κ3) is 2.56. The molecule has 4 rings (SSSR count). The van der Waals surface area contributed by atoms with E-state index in [2.05, 4.69) is 5.10 Å². The van der Waals surface area contributed by atoms with Gasteiger partial charge in [0, 0.05) is 25.7 Å². The SMILES string of the molecule is NC(=O)c1cnn(C2CN(C(=O)C3Cc4ccccc4CO3)C2)c1. The monoisotopic (exact) mass is 326 g/mol. The number of aromatic nitrogens is 2. The number of primary amides is 1. The number of benzene rings is 1. The molecule has 124 valence electrons. The van der Waals surface area contributed by atoms with Crippen LogP contribution in [0.3, 0.4) is 0 Å². The Bertz CT molecular complexity index is 795. The first-order valence-corrected chi connectivity index (χ1v) is 7.93. The molecule has 0 bridgehead atoms. The lowest BCUT2D eigenvalue weighted by molar-refractivity contribution is -0.151. The molecule has 3 heterocycles. The van der Waals surface area contributed by atoms with Crippen LogP contribution in [0.25, 0.3) is 0 Å². The van der Waals surface area contributed by atoms with Crippen molar-refractivity contribution in [1.82, 2.24) is 14.7 Å². The Labute approximate surface area is 139 Å². The highest BCUT2D eigenvalue weighted by atomic mass is 16.5. The zero-order valence-corrected chi connectivity index (χ0v) is 13.1. The van der Waals surface area contributed by atoms with Gasteiger partial charge in [0.1, 0.15) is 6.10 Å². The summed E-state index contributed by atoms with van der Waals surface area (Å²) in [4.78, 5) is 25.5. The van der Waals surface area contributed by atoms with Gasteiger partial charge in [-0.1, -0.05) is 24.3 Å². The number of amides is 2. The Morgan fingerprint density at radius 1 is 1.21 bits per heavy atom. The molecule has 1 saturated heterocycles. The lowest BCUT2D eigenvalue weighted by Gasteiger charge is -2.41. The van der Waals surface area contributed by atoms with Crippen LogP contribution >= 0.6 is 0 Å². The number of hydrogen-bond donors (Lipinski definition) is 1. The molecule has 2 aromatic rings. The predicted octanol–water partition coefficient (Wildman–Crippen LogP) is 0.507. The summed E-state index contributed by atoms with van der Waals surface area (Å²) in [5.41, 5.74) is 7.94. The van der Waals surface area contributed by atoms with Gasteiger partial charge in [0.25, 0.3) is 11.8 Å². The van der Waals surface area contributed by atoms with Crippen molar-refractivity contribution in [3.8, 4) is 0 Å². The lowest BCUT2D eigenvalue weighted by atomic mass is 9.97. The van der Waals surface area contributed by atoms with E-state index in [0.717, 1.165) is 5.56 Å². The molecular formula is C17H18N4O3. The number of rotatable bonds is 3. The summed E-state index contributed by atoms with van der Waals surface area (Å²) in [7, 11) is 0. The Morgan fingerprint density at radius 2 is 1.96 bits per heavy atom. The highest BCUT2D eigenvalue weighted by Gasteiger charge is 2.37. The Morgan fingerprint density at radius 3 is 2.67 bits per heavy atom. The predicted molar refractivity (Wildman–Crippen MR) is 85.1 cm³/mol. The summed E-state index contributed by atoms with van der Waals surface area (Å²) in [6, 6.07) is 8.13. The first kappa shape index (κ1) is 14.9. The van der Waals surface area contributed by atoms with E-state index < -0.39 is 12.0 Å². The molecular weight excluding hydrogens is 308 g/mol. The highest BCUT2D eigenvalue weighted by Crippen LogP contribution is 2.26. The second kappa shape index (κ2) is 5.76. The number of carbonyl (C=O) groups excluding carboxylic acids is 2. The van der Waals surface area contributed by atoms with Gasteiger partial charge in [-0.2, -0.15) is 5.10 Å². The number of ether oxygens (including phenoxy) is 1. The van der Waals surface area contributed by atoms with Crippen molar-refractivity contribution < 1.29 is 14.3 Å². The van der Waals surface area contributed by atoms with Gasteiger partial charge in [-0.05, 0) is 11.1 Å². The third-order valence-electron chi connectivity index (χ3n) is 4.67. The van der Waals surface area contributed by atoms with E-state index in [1.165, 1.54) is 11.8 Å². The molecule has 0 spiro atoms. The van der Waals surface area contributed by atoms with E-state index in [4.69, 9.17) is 10.5 Å². The van der Waals surface area contributed by atoms with Crippen molar-refractivity contribution in [2.75, 3.05) is 13.1 Å². The Kier molecular flexibility index (Phi) is 3.57. The van der Waals surface area contributed by atoms with Crippen molar-refractivity contribution >= 4 is 11.8 Å². The molecule has 2 N–H and O–H groups in total. The average molecular weight is 326 g/mol. The number of carbonyl (C=O) groups is 2. The van der Waals surface area contributed by atoms with Crippen molar-refractivity contribution in [3.63, 3.8) is 0 Å². The summed E-state index contributed by atoms with van der Waals surface area (Å²) in [5.74, 6) is -0.481. The first-order chi connectivity index (χ1) is 11.6. The minimum Gasteiger partial charge on any atom is -0.366 e. The molecule has 0 radical (unpaired) electrons. The van der Waals surface area contributed by atoms with E-state index in [1.807, 2.05) is 24.3 Å². The van der Waals surface area contributed by atoms with E-state index in [9.17, 15) is 9.59 Å². The van der Waals surface area contributed by atoms with Crippen LogP contribution in [-0.4, -0.2) is 45.7 Å². The quantitative estimate of drug-likeness (QED) is 0.889. The van der Waals surface area contributed by atoms with Gasteiger partial charge in [0.15, 0.2) is 0 Å². The van der Waals surface area contributed by atoms with Gasteiger partial charge in [0.2, 0.25) is 0 Å². The fourth-order valence-corrected chi connectivity index (χ4v) is 3.18. The van der Waals surface area contributed by atoms with Crippen LogP contribution < -0.4 is 5.73 Å². The topological polar surface area (TPSA) is 90.5 Å². The summed E-state index contributed by atoms with van der Waals surface area (Å²) in [6.07, 6.45) is 3.28. The molecule has 2 amide bonds. The molecule has 1 unspecified atom stereocenters. The summed E-state index contributed by atoms with van der Waals surface area (Å²) >= 11 is 0. The molecule has 0 aliphatic carbocycles. The zero-order valence-electron chi connectivity index (χ0n) is 13.1. The van der Waals surface area contributed by atoms with Crippen LogP contribution in [0.15, 0.2) is 36.7 Å². The fraction of sp³-hybridized carbons (Fsp3) is 0.353. The van der Waals surface area contributed by atoms with Crippen LogP contribution in [0.2, 0.25) is 0 Å². The van der Waals surface area contributed by atoms with Gasteiger partial charge < -0.3 is 15.4 Å². The molecule has 1 aromatic heterocycles. The van der Waals surface area contributed by atoms with Crippen molar-refractivity contribution in [1.29, 1.82) is 0 Å². The molecule has 1 aromatic carbocycles. The molecule has 0 saturated carbocycles. The van der Waals surface area contributed by atoms with Gasteiger partial charge in [-0.25, -0.2) is 0 Å². The lowest BCUT2D eigenvalue weighted by Crippen LogP contribution is -2.55. The smallest absolute Gasteiger partial charge is 0.252 e. The minimum absolute atomic E-state index is 0.0167. The van der Waals surface area contributed by atoms with Gasteiger partial charge in [0.05, 0.1) is 24.4 Å². The van der Waals surface area contributed by atoms with E-state index >= 15 is 0 Å². The number of hydrogen-bond acceptors (Lipinski definition) is 4. The van der Waals surface area contributed by atoms with Gasteiger partial charge >= 0.3 is 0 Å². The third-order valence-corrected chi connectivity index (χ3v) is 4.67. The summed E-state index contributed by atoms with van der Waals surface area (Å²) < 4.78 is 7.42. The Balaban J connectivity index is 1.37. The number of fused-ring (bicyclic) bond motifs is 1. The van der Waals surface area contributed by atoms with E-state index in [-0.39, 0.29) is 11.9 Å². The maximum atomic E-state index is 12.6. The van der Waals surface area contributed by atoms with E-state index in [0.29, 0.717) is 31.7 Å². The fourth-order valence-electron chi connectivity index (χ4n) is 3.18. The number of nitrogens with two attached hydrogens (primary N) is 1. The van der Waals surface area contributed by atoms with Gasteiger partial charge in [-0.3, -0.25) is 14.3 Å². The molecule has 1 fully saturated rings. The average Bonchev–Trinajstić information content (AvgIpc) is 3.03. The maximum Gasteiger partial charge on any atom is 0.252 e. The first-order valence-electron chi connectivity index (χ1n) is 7.93. The number of nitrogens with zero attached hydrogens (tertiary/aromatic N) is 3. The normalized spacial score (nSPS) is 20.3. The van der Waals surface area contributed by atoms with Crippen LogP contribution in [-0.2, 0) is 22.6 Å². The minimum atomic E-state index is -0.497. The summed E-state index contributed by atoms with van der Waals surface area (Å²) in [6.45, 7) is 1.62. The van der Waals surface area contributed by atoms with Crippen molar-refractivity contribution in [3.05, 3.63) is 53.3 Å². The van der Waals surface area contributed by atoms with Crippen molar-refractivity contribution in [2.45, 2.75) is 25.2 Å². The molecule has 2 aliphatic rings. The van der Waals surface area contributed by atoms with Crippen molar-refractivity contribution in [2.24, 2.45) is 5.73 Å². The molecule has 7 nitrogen and oxygen atoms in total. The molecule has 1 atom stereocenters. The number of likely N-dealkylation sites (tertiary alicyclic amines) is 1. The van der Waals surface area contributed by atoms with Crippen LogP contribution in [0, 0.1) is 0 Å². The largest absolute Gasteiger partial charge is 0.366 e. The second-order valence-corrected chi connectivity index (χ2v) is 6.24. The highest BCUT2D eigenvalue weighted by molar-refractivity contribution is 5.92. The van der Waals surface area contributed by atoms with Gasteiger partial charge in [-0.15, -0.1) is 0 Å². The molecule has 7 heteroatoms. The maximum absolute atomic E-state index is 12.6. The molecule has 2 aliphatic heterocycles. The summed E-state index contributed by atoms with van der Waals surface area (Å²) in [5, 5.41) is 4.14. The van der Waals surface area contributed by atoms with E-state index in [1.54, 1.807) is 15.8 Å². The van der Waals surface area contributed by atoms with Crippen LogP contribution in [0.1, 0.15) is 27.5 Å². The van der Waals surface area contributed by atoms with Crippen LogP contribution in [0.4, 0.5) is 0 Å². The second-order valence-electron chi connectivity index (χ2n) is 6.24. The Hall–Kier alpha value is -2.67. The standard InChI is InChI=1S/C17H18N4O3/c18-16(22)13-6-19-21(7-13)14-8-20(9-14)17(23)15-5-11-3-1-2-4-12(11)10-24-15/h1-4,6-7,14-15H,5,8-10H2,(H2,18,22). The van der Waals surface area contributed by atoms with Crippen LogP contribution in [0.5, 0.6) is 0 Å². The molecule has 24 heavy (non-hydrogen) atoms. The zero-order chi connectivity index (χ0) is 16.7.